The van der Waals surface area contributed by atoms with Crippen molar-refractivity contribution in [1.82, 2.24) is 0 Å². The van der Waals surface area contributed by atoms with Crippen LogP contribution in [0.1, 0.15) is 35.3 Å². The summed E-state index contributed by atoms with van der Waals surface area (Å²) in [5.74, 6) is -0.309. The fourth-order valence-electron chi connectivity index (χ4n) is 4.26. The molecule has 30 heavy (non-hydrogen) atoms. The average Bonchev–Trinajstić information content (AvgIpc) is 2.81. The van der Waals surface area contributed by atoms with Gasteiger partial charge in [0, 0.05) is 6.92 Å². The van der Waals surface area contributed by atoms with Crippen LogP contribution < -0.4 is 0 Å². The van der Waals surface area contributed by atoms with E-state index >= 15 is 0 Å². The van der Waals surface area contributed by atoms with Crippen LogP contribution in [0.15, 0.2) is 121 Å². The minimum atomic E-state index is -0.712. The number of ether oxygens (including phenoxy) is 1. The standard InChI is InChI=1S/C28H24O2/c1-22(29)30-27(23-14-6-2-7-15-23)28(24-16-8-3-9-17-24,25-18-10-4-11-19-25)26-20-12-5-13-21-26/h2-21,27H,1H3/t27-/m0/s1. The molecule has 0 aliphatic rings. The lowest BCUT2D eigenvalue weighted by Crippen LogP contribution is -2.38. The van der Waals surface area contributed by atoms with Crippen molar-refractivity contribution in [2.75, 3.05) is 0 Å². The van der Waals surface area contributed by atoms with Crippen molar-refractivity contribution < 1.29 is 9.53 Å². The first-order valence-corrected chi connectivity index (χ1v) is 10.1. The van der Waals surface area contributed by atoms with Crippen LogP contribution in [0.5, 0.6) is 0 Å². The molecule has 0 aliphatic carbocycles. The van der Waals surface area contributed by atoms with E-state index in [4.69, 9.17) is 4.74 Å². The Balaban J connectivity index is 2.12. The molecule has 0 aromatic heterocycles. The van der Waals surface area contributed by atoms with Gasteiger partial charge in [0.1, 0.15) is 6.10 Å². The highest BCUT2D eigenvalue weighted by Gasteiger charge is 2.46. The van der Waals surface area contributed by atoms with Crippen molar-refractivity contribution in [3.63, 3.8) is 0 Å². The quantitative estimate of drug-likeness (QED) is 0.283. The predicted molar refractivity (Wildman–Crippen MR) is 120 cm³/mol. The fourth-order valence-corrected chi connectivity index (χ4v) is 4.26. The second kappa shape index (κ2) is 8.79. The molecular weight excluding hydrogens is 368 g/mol. The van der Waals surface area contributed by atoms with Gasteiger partial charge in [-0.3, -0.25) is 4.79 Å². The van der Waals surface area contributed by atoms with Crippen LogP contribution in [0.2, 0.25) is 0 Å². The van der Waals surface area contributed by atoms with E-state index in [2.05, 4.69) is 36.4 Å². The monoisotopic (exact) mass is 392 g/mol. The van der Waals surface area contributed by atoms with Crippen molar-refractivity contribution in [2.24, 2.45) is 0 Å². The highest BCUT2D eigenvalue weighted by molar-refractivity contribution is 5.67. The minimum absolute atomic E-state index is 0.309. The molecule has 2 heteroatoms. The molecule has 1 atom stereocenters. The molecule has 4 rings (SSSR count). The minimum Gasteiger partial charge on any atom is -0.456 e. The van der Waals surface area contributed by atoms with Crippen molar-refractivity contribution in [3.8, 4) is 0 Å². The number of esters is 1. The molecule has 0 radical (unpaired) electrons. The first kappa shape index (κ1) is 19.7. The third-order valence-electron chi connectivity index (χ3n) is 5.47. The van der Waals surface area contributed by atoms with E-state index in [1.54, 1.807) is 0 Å². The Bertz CT molecular complexity index is 978. The van der Waals surface area contributed by atoms with Crippen molar-refractivity contribution in [1.29, 1.82) is 0 Å². The van der Waals surface area contributed by atoms with Gasteiger partial charge in [-0.25, -0.2) is 0 Å². The number of carbonyl (C=O) groups is 1. The highest BCUT2D eigenvalue weighted by atomic mass is 16.5. The molecule has 0 amide bonds. The SMILES string of the molecule is CC(=O)O[C@@H](c1ccccc1)C(c1ccccc1)(c1ccccc1)c1ccccc1. The van der Waals surface area contributed by atoms with E-state index in [0.717, 1.165) is 22.3 Å². The van der Waals surface area contributed by atoms with E-state index in [9.17, 15) is 4.79 Å². The largest absolute Gasteiger partial charge is 0.456 e. The fraction of sp³-hybridized carbons (Fsp3) is 0.107. The van der Waals surface area contributed by atoms with Gasteiger partial charge in [-0.2, -0.15) is 0 Å². The van der Waals surface area contributed by atoms with Crippen LogP contribution >= 0.6 is 0 Å². The summed E-state index contributed by atoms with van der Waals surface area (Å²) in [6, 6.07) is 40.9. The zero-order chi connectivity index (χ0) is 20.8. The van der Waals surface area contributed by atoms with Crippen molar-refractivity contribution in [3.05, 3.63) is 144 Å². The molecule has 2 nitrogen and oxygen atoms in total. The number of benzene rings is 4. The predicted octanol–water partition coefficient (Wildman–Crippen LogP) is 6.33. The molecule has 4 aromatic carbocycles. The topological polar surface area (TPSA) is 26.3 Å². The molecule has 0 fully saturated rings. The molecule has 0 unspecified atom stereocenters. The second-order valence-corrected chi connectivity index (χ2v) is 7.31. The van der Waals surface area contributed by atoms with Gasteiger partial charge in [-0.05, 0) is 22.3 Å². The van der Waals surface area contributed by atoms with Gasteiger partial charge in [0.15, 0.2) is 0 Å². The Kier molecular flexibility index (Phi) is 5.76. The van der Waals surface area contributed by atoms with Gasteiger partial charge in [0.05, 0.1) is 5.41 Å². The van der Waals surface area contributed by atoms with Gasteiger partial charge in [0.25, 0.3) is 0 Å². The maximum Gasteiger partial charge on any atom is 0.303 e. The van der Waals surface area contributed by atoms with Crippen LogP contribution in [0.25, 0.3) is 0 Å². The van der Waals surface area contributed by atoms with Gasteiger partial charge in [-0.1, -0.05) is 121 Å². The van der Waals surface area contributed by atoms with Crippen LogP contribution in [0.3, 0.4) is 0 Å². The first-order valence-electron chi connectivity index (χ1n) is 10.1. The molecular formula is C28H24O2. The molecule has 0 saturated carbocycles. The smallest absolute Gasteiger partial charge is 0.303 e. The van der Waals surface area contributed by atoms with Gasteiger partial charge in [0.2, 0.25) is 0 Å². The van der Waals surface area contributed by atoms with E-state index in [0.29, 0.717) is 0 Å². The number of hydrogen-bond acceptors (Lipinski definition) is 2. The van der Waals surface area contributed by atoms with E-state index in [1.165, 1.54) is 6.92 Å². The summed E-state index contributed by atoms with van der Waals surface area (Å²) in [6.45, 7) is 1.47. The van der Waals surface area contributed by atoms with Crippen LogP contribution in [0.4, 0.5) is 0 Å². The molecule has 0 saturated heterocycles. The van der Waals surface area contributed by atoms with Crippen LogP contribution in [-0.4, -0.2) is 5.97 Å². The number of carbonyl (C=O) groups excluding carboxylic acids is 1. The van der Waals surface area contributed by atoms with E-state index < -0.39 is 11.5 Å². The second-order valence-electron chi connectivity index (χ2n) is 7.31. The average molecular weight is 392 g/mol. The molecule has 4 aromatic rings. The molecule has 0 spiro atoms. The maximum absolute atomic E-state index is 12.3. The molecule has 0 aliphatic heterocycles. The first-order chi connectivity index (χ1) is 14.7. The lowest BCUT2D eigenvalue weighted by atomic mass is 9.64. The summed E-state index contributed by atoms with van der Waals surface area (Å²) < 4.78 is 6.13. The summed E-state index contributed by atoms with van der Waals surface area (Å²) in [7, 11) is 0. The summed E-state index contributed by atoms with van der Waals surface area (Å²) in [6.07, 6.45) is -0.539. The summed E-state index contributed by atoms with van der Waals surface area (Å²) in [5, 5.41) is 0. The number of hydrogen-bond donors (Lipinski definition) is 0. The van der Waals surface area contributed by atoms with Gasteiger partial charge >= 0.3 is 5.97 Å². The van der Waals surface area contributed by atoms with E-state index in [-0.39, 0.29) is 5.97 Å². The Labute approximate surface area is 177 Å². The highest BCUT2D eigenvalue weighted by Crippen LogP contribution is 2.50. The lowest BCUT2D eigenvalue weighted by Gasteiger charge is -2.42. The van der Waals surface area contributed by atoms with Gasteiger partial charge < -0.3 is 4.74 Å². The maximum atomic E-state index is 12.3. The van der Waals surface area contributed by atoms with Crippen molar-refractivity contribution >= 4 is 5.97 Å². The van der Waals surface area contributed by atoms with E-state index in [1.807, 2.05) is 84.9 Å². The molecule has 0 N–H and O–H groups in total. The van der Waals surface area contributed by atoms with Gasteiger partial charge in [-0.15, -0.1) is 0 Å². The molecule has 148 valence electrons. The Hall–Kier alpha value is -3.65. The van der Waals surface area contributed by atoms with Crippen molar-refractivity contribution in [2.45, 2.75) is 18.4 Å². The Morgan fingerprint density at radius 2 is 0.933 bits per heavy atom. The molecule has 0 bridgehead atoms. The zero-order valence-corrected chi connectivity index (χ0v) is 16.9. The number of rotatable bonds is 6. The Morgan fingerprint density at radius 1 is 0.600 bits per heavy atom. The summed E-state index contributed by atoms with van der Waals surface area (Å²) in [5.41, 5.74) is 3.44. The van der Waals surface area contributed by atoms with Crippen LogP contribution in [0, 0.1) is 0 Å². The van der Waals surface area contributed by atoms with Crippen LogP contribution in [-0.2, 0) is 14.9 Å². The summed E-state index contributed by atoms with van der Waals surface area (Å²) in [4.78, 5) is 12.3. The third-order valence-corrected chi connectivity index (χ3v) is 5.47. The third kappa shape index (κ3) is 3.65. The molecule has 0 heterocycles. The lowest BCUT2D eigenvalue weighted by molar-refractivity contribution is -0.149. The Morgan fingerprint density at radius 3 is 1.27 bits per heavy atom. The summed E-state index contributed by atoms with van der Waals surface area (Å²) >= 11 is 0. The normalized spacial score (nSPS) is 12.2. The zero-order valence-electron chi connectivity index (χ0n) is 16.9.